The lowest BCUT2D eigenvalue weighted by molar-refractivity contribution is 0.399. The first-order chi connectivity index (χ1) is 12.7. The van der Waals surface area contributed by atoms with Crippen LogP contribution in [0.25, 0.3) is 11.5 Å². The molecule has 0 spiro atoms. The number of imidazole rings is 1. The third-order valence-corrected chi connectivity index (χ3v) is 4.92. The standard InChI is InChI=1S/C19H21FN6/c1-25-9-6-21-19(25)17-11-16(23-13-24-17)10-14-4-7-26(8-5-14)18-3-2-15(20)12-22-18/h2-3,6,9,11-14H,4-5,7-8,10H2,1H3. The number of anilines is 1. The summed E-state index contributed by atoms with van der Waals surface area (Å²) in [7, 11) is 1.96. The summed E-state index contributed by atoms with van der Waals surface area (Å²) in [6.07, 6.45) is 9.66. The fourth-order valence-corrected chi connectivity index (χ4v) is 3.46. The van der Waals surface area contributed by atoms with Gasteiger partial charge in [0.25, 0.3) is 0 Å². The van der Waals surface area contributed by atoms with Crippen molar-refractivity contribution in [1.82, 2.24) is 24.5 Å². The summed E-state index contributed by atoms with van der Waals surface area (Å²) >= 11 is 0. The molecule has 1 aliphatic heterocycles. The van der Waals surface area contributed by atoms with Crippen molar-refractivity contribution in [3.63, 3.8) is 0 Å². The summed E-state index contributed by atoms with van der Waals surface area (Å²) < 4.78 is 15.0. The van der Waals surface area contributed by atoms with Gasteiger partial charge in [-0.3, -0.25) is 0 Å². The highest BCUT2D eigenvalue weighted by Gasteiger charge is 2.21. The van der Waals surface area contributed by atoms with Crippen LogP contribution in [0, 0.1) is 11.7 Å². The van der Waals surface area contributed by atoms with Gasteiger partial charge >= 0.3 is 0 Å². The molecule has 0 saturated carbocycles. The molecular formula is C19H21FN6. The van der Waals surface area contributed by atoms with Gasteiger partial charge in [0.05, 0.1) is 6.20 Å². The largest absolute Gasteiger partial charge is 0.357 e. The van der Waals surface area contributed by atoms with Crippen molar-refractivity contribution in [3.8, 4) is 11.5 Å². The summed E-state index contributed by atoms with van der Waals surface area (Å²) in [6, 6.07) is 5.25. The number of hydrogen-bond donors (Lipinski definition) is 0. The van der Waals surface area contributed by atoms with E-state index in [1.807, 2.05) is 23.9 Å². The highest BCUT2D eigenvalue weighted by molar-refractivity contribution is 5.49. The SMILES string of the molecule is Cn1ccnc1-c1cc(CC2CCN(c3ccc(F)cn3)CC2)ncn1. The average Bonchev–Trinajstić information content (AvgIpc) is 3.09. The van der Waals surface area contributed by atoms with Crippen molar-refractivity contribution in [2.75, 3.05) is 18.0 Å². The number of hydrogen-bond acceptors (Lipinski definition) is 5. The lowest BCUT2D eigenvalue weighted by Gasteiger charge is -2.32. The molecular weight excluding hydrogens is 331 g/mol. The predicted octanol–water partition coefficient (Wildman–Crippen LogP) is 2.87. The number of piperidine rings is 1. The summed E-state index contributed by atoms with van der Waals surface area (Å²) in [5.41, 5.74) is 1.91. The lowest BCUT2D eigenvalue weighted by Crippen LogP contribution is -2.34. The average molecular weight is 352 g/mol. The van der Waals surface area contributed by atoms with Gasteiger partial charge in [-0.15, -0.1) is 0 Å². The minimum Gasteiger partial charge on any atom is -0.357 e. The maximum absolute atomic E-state index is 13.0. The number of aromatic nitrogens is 5. The molecule has 0 radical (unpaired) electrons. The predicted molar refractivity (Wildman–Crippen MR) is 97.1 cm³/mol. The first kappa shape index (κ1) is 16.6. The molecule has 6 nitrogen and oxygen atoms in total. The van der Waals surface area contributed by atoms with E-state index >= 15 is 0 Å². The number of rotatable bonds is 4. The number of pyridine rings is 1. The van der Waals surface area contributed by atoms with Crippen molar-refractivity contribution in [3.05, 3.63) is 54.6 Å². The van der Waals surface area contributed by atoms with Gasteiger partial charge in [-0.2, -0.15) is 0 Å². The molecule has 0 unspecified atom stereocenters. The molecule has 134 valence electrons. The van der Waals surface area contributed by atoms with Gasteiger partial charge in [0.1, 0.15) is 23.7 Å². The summed E-state index contributed by atoms with van der Waals surface area (Å²) in [6.45, 7) is 1.86. The Hall–Kier alpha value is -2.83. The summed E-state index contributed by atoms with van der Waals surface area (Å²) in [4.78, 5) is 19.6. The van der Waals surface area contributed by atoms with Crippen molar-refractivity contribution in [2.24, 2.45) is 13.0 Å². The Morgan fingerprint density at radius 2 is 1.96 bits per heavy atom. The summed E-state index contributed by atoms with van der Waals surface area (Å²) in [5, 5.41) is 0. The zero-order valence-electron chi connectivity index (χ0n) is 14.7. The maximum atomic E-state index is 13.0. The van der Waals surface area contributed by atoms with Crippen LogP contribution in [-0.4, -0.2) is 37.6 Å². The van der Waals surface area contributed by atoms with Crippen molar-refractivity contribution in [1.29, 1.82) is 0 Å². The second kappa shape index (κ2) is 7.19. The molecule has 4 heterocycles. The molecule has 1 saturated heterocycles. The molecule has 4 rings (SSSR count). The van der Waals surface area contributed by atoms with Gasteiger partial charge < -0.3 is 9.47 Å². The van der Waals surface area contributed by atoms with Gasteiger partial charge in [0.2, 0.25) is 0 Å². The van der Waals surface area contributed by atoms with E-state index in [1.165, 1.54) is 12.3 Å². The van der Waals surface area contributed by atoms with Gasteiger partial charge in [-0.05, 0) is 43.4 Å². The Kier molecular flexibility index (Phi) is 4.60. The number of nitrogens with zero attached hydrogens (tertiary/aromatic N) is 6. The van der Waals surface area contributed by atoms with Crippen LogP contribution in [0.2, 0.25) is 0 Å². The van der Waals surface area contributed by atoms with Crippen molar-refractivity contribution >= 4 is 5.82 Å². The van der Waals surface area contributed by atoms with Gasteiger partial charge in [0.15, 0.2) is 5.82 Å². The van der Waals surface area contributed by atoms with Crippen LogP contribution in [0.5, 0.6) is 0 Å². The normalized spacial score (nSPS) is 15.4. The minimum absolute atomic E-state index is 0.295. The zero-order valence-corrected chi connectivity index (χ0v) is 14.7. The van der Waals surface area contributed by atoms with E-state index in [4.69, 9.17) is 0 Å². The van der Waals surface area contributed by atoms with Crippen LogP contribution in [0.4, 0.5) is 10.2 Å². The molecule has 26 heavy (non-hydrogen) atoms. The highest BCUT2D eigenvalue weighted by Crippen LogP contribution is 2.25. The molecule has 0 aromatic carbocycles. The molecule has 0 bridgehead atoms. The Bertz CT molecular complexity index is 868. The van der Waals surface area contributed by atoms with Crippen LogP contribution in [0.1, 0.15) is 18.5 Å². The first-order valence-corrected chi connectivity index (χ1v) is 8.84. The lowest BCUT2D eigenvalue weighted by atomic mass is 9.92. The van der Waals surface area contributed by atoms with Crippen LogP contribution in [-0.2, 0) is 13.5 Å². The fraction of sp³-hybridized carbons (Fsp3) is 0.368. The van der Waals surface area contributed by atoms with E-state index in [1.54, 1.807) is 18.6 Å². The third-order valence-electron chi connectivity index (χ3n) is 4.92. The summed E-state index contributed by atoms with van der Waals surface area (Å²) in [5.74, 6) is 1.99. The Morgan fingerprint density at radius 3 is 2.65 bits per heavy atom. The van der Waals surface area contributed by atoms with Crippen molar-refractivity contribution < 1.29 is 4.39 Å². The van der Waals surface area contributed by atoms with Gasteiger partial charge in [-0.1, -0.05) is 0 Å². The molecule has 3 aromatic heterocycles. The van der Waals surface area contributed by atoms with Gasteiger partial charge in [0, 0.05) is 38.2 Å². The minimum atomic E-state index is -0.295. The first-order valence-electron chi connectivity index (χ1n) is 8.84. The maximum Gasteiger partial charge on any atom is 0.158 e. The van der Waals surface area contributed by atoms with E-state index in [0.717, 1.165) is 55.4 Å². The van der Waals surface area contributed by atoms with Crippen LogP contribution in [0.3, 0.4) is 0 Å². The second-order valence-electron chi connectivity index (χ2n) is 6.73. The topological polar surface area (TPSA) is 59.7 Å². The quantitative estimate of drug-likeness (QED) is 0.723. The molecule has 1 fully saturated rings. The van der Waals surface area contributed by atoms with Gasteiger partial charge in [-0.25, -0.2) is 24.3 Å². The van der Waals surface area contributed by atoms with E-state index < -0.39 is 0 Å². The van der Waals surface area contributed by atoms with Crippen LogP contribution < -0.4 is 4.90 Å². The van der Waals surface area contributed by atoms with Crippen molar-refractivity contribution in [2.45, 2.75) is 19.3 Å². The number of aryl methyl sites for hydroxylation is 1. The number of halogens is 1. The van der Waals surface area contributed by atoms with E-state index in [2.05, 4.69) is 24.8 Å². The Balaban J connectivity index is 1.39. The van der Waals surface area contributed by atoms with E-state index in [0.29, 0.717) is 5.92 Å². The Labute approximate surface area is 151 Å². The highest BCUT2D eigenvalue weighted by atomic mass is 19.1. The molecule has 3 aromatic rings. The fourth-order valence-electron chi connectivity index (χ4n) is 3.46. The smallest absolute Gasteiger partial charge is 0.158 e. The van der Waals surface area contributed by atoms with E-state index in [9.17, 15) is 4.39 Å². The molecule has 1 aliphatic rings. The molecule has 0 N–H and O–H groups in total. The second-order valence-corrected chi connectivity index (χ2v) is 6.73. The third kappa shape index (κ3) is 3.56. The Morgan fingerprint density at radius 1 is 1.12 bits per heavy atom. The molecule has 0 amide bonds. The van der Waals surface area contributed by atoms with Crippen LogP contribution in [0.15, 0.2) is 43.1 Å². The van der Waals surface area contributed by atoms with E-state index in [-0.39, 0.29) is 5.82 Å². The molecule has 7 heteroatoms. The van der Waals surface area contributed by atoms with Crippen LogP contribution >= 0.6 is 0 Å². The zero-order chi connectivity index (χ0) is 17.9. The molecule has 0 atom stereocenters. The monoisotopic (exact) mass is 352 g/mol. The molecule has 0 aliphatic carbocycles.